The summed E-state index contributed by atoms with van der Waals surface area (Å²) in [7, 11) is 0. The van der Waals surface area contributed by atoms with Gasteiger partial charge in [-0.05, 0) is 36.0 Å². The van der Waals surface area contributed by atoms with E-state index in [9.17, 15) is 23.5 Å². The molecule has 0 aromatic heterocycles. The van der Waals surface area contributed by atoms with Crippen LogP contribution in [0.2, 0.25) is 0 Å². The van der Waals surface area contributed by atoms with Crippen molar-refractivity contribution in [2.45, 2.75) is 16.3 Å². The Kier molecular flexibility index (Phi) is 3.88. The topological polar surface area (TPSA) is 77.0 Å². The van der Waals surface area contributed by atoms with E-state index in [0.717, 1.165) is 12.1 Å². The normalized spacial score (nSPS) is 17.7. The van der Waals surface area contributed by atoms with Gasteiger partial charge in [0.25, 0.3) is 0 Å². The van der Waals surface area contributed by atoms with Crippen LogP contribution in [0.1, 0.15) is 22.8 Å². The summed E-state index contributed by atoms with van der Waals surface area (Å²) < 4.78 is 46.1. The number of benzene rings is 2. The number of rotatable bonds is 2. The average Bonchev–Trinajstić information content (AvgIpc) is 2.77. The van der Waals surface area contributed by atoms with Crippen LogP contribution in [-0.4, -0.2) is 10.4 Å². The van der Waals surface area contributed by atoms with E-state index in [4.69, 9.17) is 10.00 Å². The first-order valence-electron chi connectivity index (χ1n) is 6.56. The summed E-state index contributed by atoms with van der Waals surface area (Å²) in [6.07, 6.45) is -2.14. The van der Waals surface area contributed by atoms with Crippen molar-refractivity contribution < 1.29 is 23.0 Å². The molecule has 1 aliphatic heterocycles. The molecule has 24 heavy (non-hydrogen) atoms. The van der Waals surface area contributed by atoms with Gasteiger partial charge in [-0.15, -0.1) is 0 Å². The molecule has 120 valence electrons. The number of hydrogen-bond donors (Lipinski definition) is 1. The van der Waals surface area contributed by atoms with Crippen molar-refractivity contribution in [3.63, 3.8) is 0 Å². The van der Waals surface area contributed by atoms with Crippen LogP contribution in [0.4, 0.5) is 13.2 Å². The Labute approximate surface area is 138 Å². The van der Waals surface area contributed by atoms with Crippen molar-refractivity contribution in [2.75, 3.05) is 0 Å². The van der Waals surface area contributed by atoms with E-state index in [1.807, 2.05) is 0 Å². The third-order valence-electron chi connectivity index (χ3n) is 3.35. The third-order valence-corrected chi connectivity index (χ3v) is 4.42. The zero-order valence-electron chi connectivity index (χ0n) is 11.8. The highest BCUT2D eigenvalue weighted by molar-refractivity contribution is 8.00. The number of nitriles is 2. The van der Waals surface area contributed by atoms with Gasteiger partial charge in [0.15, 0.2) is 6.10 Å². The minimum absolute atomic E-state index is 0.00629. The molecular weight excluding hydrogens is 341 g/mol. The van der Waals surface area contributed by atoms with E-state index in [1.165, 1.54) is 18.2 Å². The maximum Gasteiger partial charge on any atom is 0.327 e. The van der Waals surface area contributed by atoms with E-state index < -0.39 is 17.2 Å². The second-order valence-electron chi connectivity index (χ2n) is 4.92. The summed E-state index contributed by atoms with van der Waals surface area (Å²) in [4.78, 5) is 0.0772. The number of alkyl halides is 2. The Hall–Kier alpha value is -2.68. The number of ether oxygens (including phenoxy) is 1. The van der Waals surface area contributed by atoms with Gasteiger partial charge in [-0.25, -0.2) is 4.39 Å². The molecule has 3 rings (SSSR count). The van der Waals surface area contributed by atoms with E-state index >= 15 is 0 Å². The van der Waals surface area contributed by atoms with Gasteiger partial charge in [-0.1, -0.05) is 0 Å². The quantitative estimate of drug-likeness (QED) is 0.884. The zero-order chi connectivity index (χ0) is 17.5. The van der Waals surface area contributed by atoms with Gasteiger partial charge in [-0.3, -0.25) is 0 Å². The van der Waals surface area contributed by atoms with Gasteiger partial charge in [0.1, 0.15) is 28.9 Å². The third kappa shape index (κ3) is 2.67. The summed E-state index contributed by atoms with van der Waals surface area (Å²) in [6, 6.07) is 9.32. The van der Waals surface area contributed by atoms with E-state index in [1.54, 1.807) is 12.1 Å². The SMILES string of the molecule is N#Cc1cc(F)cc(Oc2ccc3c(c2C#N)[C@@H](O)C(F)(F)S3)c1. The van der Waals surface area contributed by atoms with Crippen LogP contribution in [0.15, 0.2) is 35.2 Å². The first kappa shape index (κ1) is 16.2. The Morgan fingerprint density at radius 1 is 1.17 bits per heavy atom. The van der Waals surface area contributed by atoms with Gasteiger partial charge in [0, 0.05) is 16.5 Å². The molecule has 8 heteroatoms. The van der Waals surface area contributed by atoms with Crippen LogP contribution >= 0.6 is 11.8 Å². The number of nitrogens with zero attached hydrogens (tertiary/aromatic N) is 2. The lowest BCUT2D eigenvalue weighted by Crippen LogP contribution is -2.16. The van der Waals surface area contributed by atoms with Crippen molar-refractivity contribution in [1.29, 1.82) is 10.5 Å². The number of fused-ring (bicyclic) bond motifs is 1. The Morgan fingerprint density at radius 3 is 2.58 bits per heavy atom. The highest BCUT2D eigenvalue weighted by atomic mass is 32.2. The Bertz CT molecular complexity index is 919. The Balaban J connectivity index is 2.06. The molecule has 0 unspecified atom stereocenters. The second-order valence-corrected chi connectivity index (χ2v) is 6.11. The molecule has 0 radical (unpaired) electrons. The molecule has 2 aromatic rings. The molecule has 0 saturated carbocycles. The van der Waals surface area contributed by atoms with Gasteiger partial charge >= 0.3 is 5.25 Å². The lowest BCUT2D eigenvalue weighted by molar-refractivity contribution is -0.0311. The van der Waals surface area contributed by atoms with Crippen molar-refractivity contribution >= 4 is 11.8 Å². The molecule has 0 spiro atoms. The number of halogens is 3. The molecule has 4 nitrogen and oxygen atoms in total. The number of hydrogen-bond acceptors (Lipinski definition) is 5. The molecular formula is C16H7F3N2O2S. The molecule has 1 atom stereocenters. The number of aliphatic hydroxyl groups excluding tert-OH is 1. The minimum atomic E-state index is -3.45. The molecule has 1 heterocycles. The number of thioether (sulfide) groups is 1. The standard InChI is InChI=1S/C16H7F3N2O2S/c17-9-3-8(6-20)4-10(5-9)23-12-1-2-13-14(11(12)7-21)15(22)16(18,19)24-13/h1-5,15,22H/t15-/m1/s1. The predicted molar refractivity (Wildman–Crippen MR) is 78.1 cm³/mol. The van der Waals surface area contributed by atoms with Crippen molar-refractivity contribution in [2.24, 2.45) is 0 Å². The zero-order valence-corrected chi connectivity index (χ0v) is 12.6. The predicted octanol–water partition coefficient (Wildman–Crippen LogP) is 4.09. The van der Waals surface area contributed by atoms with Gasteiger partial charge in [-0.2, -0.15) is 19.3 Å². The van der Waals surface area contributed by atoms with E-state index in [-0.39, 0.29) is 44.8 Å². The monoisotopic (exact) mass is 348 g/mol. The Morgan fingerprint density at radius 2 is 1.92 bits per heavy atom. The molecule has 1 N–H and O–H groups in total. The second kappa shape index (κ2) is 5.75. The highest BCUT2D eigenvalue weighted by Crippen LogP contribution is 2.56. The fourth-order valence-electron chi connectivity index (χ4n) is 2.32. The molecule has 0 amide bonds. The lowest BCUT2D eigenvalue weighted by atomic mass is 10.0. The maximum atomic E-state index is 13.6. The molecule has 0 aliphatic carbocycles. The van der Waals surface area contributed by atoms with Crippen LogP contribution in [0, 0.1) is 28.5 Å². The summed E-state index contributed by atoms with van der Waals surface area (Å²) in [5.41, 5.74) is -0.471. The van der Waals surface area contributed by atoms with Crippen molar-refractivity contribution in [3.05, 3.63) is 52.8 Å². The molecule has 0 bridgehead atoms. The summed E-state index contributed by atoms with van der Waals surface area (Å²) in [6.45, 7) is 0. The van der Waals surface area contributed by atoms with Crippen molar-refractivity contribution in [3.8, 4) is 23.6 Å². The summed E-state index contributed by atoms with van der Waals surface area (Å²) in [5, 5.41) is 24.4. The maximum absolute atomic E-state index is 13.6. The molecule has 0 fully saturated rings. The lowest BCUT2D eigenvalue weighted by Gasteiger charge is -2.14. The first-order chi connectivity index (χ1) is 11.4. The van der Waals surface area contributed by atoms with Gasteiger partial charge < -0.3 is 9.84 Å². The largest absolute Gasteiger partial charge is 0.456 e. The van der Waals surface area contributed by atoms with Crippen LogP contribution < -0.4 is 4.74 Å². The highest BCUT2D eigenvalue weighted by Gasteiger charge is 2.49. The van der Waals surface area contributed by atoms with E-state index in [0.29, 0.717) is 0 Å². The van der Waals surface area contributed by atoms with Crippen LogP contribution in [-0.2, 0) is 0 Å². The first-order valence-corrected chi connectivity index (χ1v) is 7.38. The molecule has 0 saturated heterocycles. The van der Waals surface area contributed by atoms with Crippen LogP contribution in [0.5, 0.6) is 11.5 Å². The van der Waals surface area contributed by atoms with Gasteiger partial charge in [0.05, 0.1) is 11.6 Å². The summed E-state index contributed by atoms with van der Waals surface area (Å²) >= 11 is 0.161. The van der Waals surface area contributed by atoms with Gasteiger partial charge in [0.2, 0.25) is 0 Å². The van der Waals surface area contributed by atoms with Crippen molar-refractivity contribution in [1.82, 2.24) is 0 Å². The summed E-state index contributed by atoms with van der Waals surface area (Å²) in [5.74, 6) is -0.885. The van der Waals surface area contributed by atoms with Crippen LogP contribution in [0.3, 0.4) is 0 Å². The molecule has 1 aliphatic rings. The average molecular weight is 348 g/mol. The fraction of sp³-hybridized carbons (Fsp3) is 0.125. The smallest absolute Gasteiger partial charge is 0.327 e. The van der Waals surface area contributed by atoms with E-state index in [2.05, 4.69) is 0 Å². The number of aliphatic hydroxyl groups is 1. The molecule has 2 aromatic carbocycles. The minimum Gasteiger partial charge on any atom is -0.456 e. The fourth-order valence-corrected chi connectivity index (χ4v) is 3.31. The van der Waals surface area contributed by atoms with Crippen LogP contribution in [0.25, 0.3) is 0 Å².